The Morgan fingerprint density at radius 2 is 2.15 bits per heavy atom. The van der Waals surface area contributed by atoms with Crippen molar-refractivity contribution < 1.29 is 4.74 Å². The first kappa shape index (κ1) is 15.8. The van der Waals surface area contributed by atoms with Crippen molar-refractivity contribution in [1.29, 1.82) is 0 Å². The van der Waals surface area contributed by atoms with Crippen molar-refractivity contribution in [1.82, 2.24) is 10.2 Å². The summed E-state index contributed by atoms with van der Waals surface area (Å²) >= 11 is 6.00. The number of halogens is 1. The maximum atomic E-state index is 6.00. The summed E-state index contributed by atoms with van der Waals surface area (Å²) < 4.78 is 5.91. The van der Waals surface area contributed by atoms with Gasteiger partial charge >= 0.3 is 0 Å². The van der Waals surface area contributed by atoms with E-state index in [9.17, 15) is 0 Å². The molecule has 0 saturated carbocycles. The topological polar surface area (TPSA) is 24.5 Å². The van der Waals surface area contributed by atoms with Gasteiger partial charge in [-0.1, -0.05) is 23.7 Å². The van der Waals surface area contributed by atoms with Crippen LogP contribution in [-0.2, 0) is 11.3 Å². The van der Waals surface area contributed by atoms with E-state index in [1.807, 2.05) is 18.2 Å². The average Bonchev–Trinajstić information content (AvgIpc) is 2.45. The van der Waals surface area contributed by atoms with E-state index in [-0.39, 0.29) is 0 Å². The number of rotatable bonds is 7. The molecule has 1 aliphatic rings. The summed E-state index contributed by atoms with van der Waals surface area (Å²) in [5, 5.41) is 4.17. The molecule has 112 valence electrons. The van der Waals surface area contributed by atoms with Crippen molar-refractivity contribution in [3.8, 4) is 0 Å². The first-order valence-corrected chi connectivity index (χ1v) is 7.87. The molecule has 1 N–H and O–H groups in total. The number of benzene rings is 1. The van der Waals surface area contributed by atoms with Crippen molar-refractivity contribution in [3.63, 3.8) is 0 Å². The number of ether oxygens (including phenoxy) is 1. The number of piperidine rings is 1. The van der Waals surface area contributed by atoms with Crippen LogP contribution in [0.1, 0.15) is 24.8 Å². The molecule has 3 nitrogen and oxygen atoms in total. The number of hydrogen-bond donors (Lipinski definition) is 1. The molecule has 0 unspecified atom stereocenters. The van der Waals surface area contributed by atoms with Crippen LogP contribution in [0.2, 0.25) is 5.02 Å². The van der Waals surface area contributed by atoms with Crippen molar-refractivity contribution in [2.45, 2.75) is 31.9 Å². The van der Waals surface area contributed by atoms with Gasteiger partial charge in [-0.05, 0) is 57.1 Å². The quantitative estimate of drug-likeness (QED) is 0.783. The van der Waals surface area contributed by atoms with Gasteiger partial charge in [-0.2, -0.15) is 0 Å². The molecule has 2 rings (SSSR count). The highest BCUT2D eigenvalue weighted by Gasteiger charge is 2.12. The molecule has 0 spiro atoms. The summed E-state index contributed by atoms with van der Waals surface area (Å²) in [6, 6.07) is 8.07. The molecule has 1 heterocycles. The number of nitrogens with zero attached hydrogens (tertiary/aromatic N) is 1. The van der Waals surface area contributed by atoms with E-state index in [0.29, 0.717) is 6.10 Å². The number of nitrogens with one attached hydrogen (secondary N) is 1. The second kappa shape index (κ2) is 8.63. The molecule has 1 aromatic carbocycles. The Morgan fingerprint density at radius 1 is 1.35 bits per heavy atom. The van der Waals surface area contributed by atoms with Gasteiger partial charge in [0.15, 0.2) is 0 Å². The summed E-state index contributed by atoms with van der Waals surface area (Å²) in [5.41, 5.74) is 1.26. The molecular weight excluding hydrogens is 272 g/mol. The molecule has 0 radical (unpaired) electrons. The fraction of sp³-hybridized carbons (Fsp3) is 0.625. The Bertz CT molecular complexity index is 394. The second-order valence-electron chi connectivity index (χ2n) is 5.54. The van der Waals surface area contributed by atoms with Gasteiger partial charge in [-0.3, -0.25) is 0 Å². The zero-order valence-corrected chi connectivity index (χ0v) is 13.0. The highest BCUT2D eigenvalue weighted by atomic mass is 35.5. The molecule has 0 bridgehead atoms. The van der Waals surface area contributed by atoms with Crippen molar-refractivity contribution in [2.75, 3.05) is 33.3 Å². The summed E-state index contributed by atoms with van der Waals surface area (Å²) in [6.45, 7) is 5.05. The average molecular weight is 297 g/mol. The minimum atomic E-state index is 0.467. The summed E-state index contributed by atoms with van der Waals surface area (Å²) in [6.07, 6.45) is 3.85. The van der Waals surface area contributed by atoms with Crippen LogP contribution in [0.5, 0.6) is 0 Å². The van der Waals surface area contributed by atoms with Gasteiger partial charge in [0.2, 0.25) is 0 Å². The van der Waals surface area contributed by atoms with Crippen molar-refractivity contribution >= 4 is 11.6 Å². The third-order valence-corrected chi connectivity index (χ3v) is 3.90. The lowest BCUT2D eigenvalue weighted by Gasteiger charge is -2.23. The lowest BCUT2D eigenvalue weighted by Crippen LogP contribution is -2.33. The maximum Gasteiger partial charge on any atom is 0.0599 e. The fourth-order valence-corrected chi connectivity index (χ4v) is 2.79. The predicted molar refractivity (Wildman–Crippen MR) is 84.2 cm³/mol. The van der Waals surface area contributed by atoms with Gasteiger partial charge in [-0.25, -0.2) is 0 Å². The second-order valence-corrected chi connectivity index (χ2v) is 5.98. The normalized spacial score (nSPS) is 16.8. The molecule has 1 aliphatic heterocycles. The molecule has 1 saturated heterocycles. The molecular formula is C16H25ClN2O. The molecule has 0 amide bonds. The van der Waals surface area contributed by atoms with E-state index < -0.39 is 0 Å². The number of hydrogen-bond acceptors (Lipinski definition) is 3. The zero-order chi connectivity index (χ0) is 14.2. The monoisotopic (exact) mass is 296 g/mol. The Labute approximate surface area is 127 Å². The lowest BCUT2D eigenvalue weighted by atomic mass is 10.1. The van der Waals surface area contributed by atoms with Gasteiger partial charge in [0.05, 0.1) is 6.10 Å². The Morgan fingerprint density at radius 3 is 2.90 bits per heavy atom. The Kier molecular flexibility index (Phi) is 6.80. The smallest absolute Gasteiger partial charge is 0.0599 e. The molecule has 0 aliphatic carbocycles. The minimum Gasteiger partial charge on any atom is -0.378 e. The van der Waals surface area contributed by atoms with Crippen LogP contribution in [0.3, 0.4) is 0 Å². The van der Waals surface area contributed by atoms with E-state index in [2.05, 4.69) is 23.3 Å². The summed E-state index contributed by atoms with van der Waals surface area (Å²) in [4.78, 5) is 2.32. The van der Waals surface area contributed by atoms with E-state index in [1.165, 1.54) is 5.56 Å². The van der Waals surface area contributed by atoms with Crippen LogP contribution in [0.25, 0.3) is 0 Å². The van der Waals surface area contributed by atoms with Gasteiger partial charge in [-0.15, -0.1) is 0 Å². The standard InChI is InChI=1S/C16H25ClN2O/c1-19(13-14-4-2-5-15(17)12-14)10-3-11-20-16-6-8-18-9-7-16/h2,4-5,12,16,18H,3,6-11,13H2,1H3. The third-order valence-electron chi connectivity index (χ3n) is 3.67. The van der Waals surface area contributed by atoms with Crippen LogP contribution < -0.4 is 5.32 Å². The summed E-state index contributed by atoms with van der Waals surface area (Å²) in [7, 11) is 2.14. The van der Waals surface area contributed by atoms with Crippen molar-refractivity contribution in [3.05, 3.63) is 34.9 Å². The van der Waals surface area contributed by atoms with Crippen LogP contribution in [0.15, 0.2) is 24.3 Å². The maximum absolute atomic E-state index is 6.00. The molecule has 20 heavy (non-hydrogen) atoms. The van der Waals surface area contributed by atoms with E-state index in [0.717, 1.165) is 57.1 Å². The van der Waals surface area contributed by atoms with Gasteiger partial charge in [0.25, 0.3) is 0 Å². The highest BCUT2D eigenvalue weighted by molar-refractivity contribution is 6.30. The minimum absolute atomic E-state index is 0.467. The van der Waals surface area contributed by atoms with Crippen LogP contribution in [0.4, 0.5) is 0 Å². The van der Waals surface area contributed by atoms with Gasteiger partial charge in [0.1, 0.15) is 0 Å². The van der Waals surface area contributed by atoms with Gasteiger partial charge < -0.3 is 15.0 Å². The van der Waals surface area contributed by atoms with Crippen LogP contribution in [-0.4, -0.2) is 44.3 Å². The summed E-state index contributed by atoms with van der Waals surface area (Å²) in [5.74, 6) is 0. The Balaban J connectivity index is 1.59. The molecule has 4 heteroatoms. The molecule has 0 aromatic heterocycles. The first-order chi connectivity index (χ1) is 9.74. The lowest BCUT2D eigenvalue weighted by molar-refractivity contribution is 0.0284. The molecule has 1 aromatic rings. The Hall–Kier alpha value is -0.610. The highest BCUT2D eigenvalue weighted by Crippen LogP contribution is 2.12. The van der Waals surface area contributed by atoms with Crippen LogP contribution in [0, 0.1) is 0 Å². The fourth-order valence-electron chi connectivity index (χ4n) is 2.57. The SMILES string of the molecule is CN(CCCOC1CCNCC1)Cc1cccc(Cl)c1. The first-order valence-electron chi connectivity index (χ1n) is 7.49. The van der Waals surface area contributed by atoms with E-state index in [4.69, 9.17) is 16.3 Å². The molecule has 0 atom stereocenters. The largest absolute Gasteiger partial charge is 0.378 e. The third kappa shape index (κ3) is 5.80. The predicted octanol–water partition coefficient (Wildman–Crippen LogP) is 2.93. The zero-order valence-electron chi connectivity index (χ0n) is 12.3. The van der Waals surface area contributed by atoms with E-state index in [1.54, 1.807) is 0 Å². The molecule has 1 fully saturated rings. The van der Waals surface area contributed by atoms with Crippen molar-refractivity contribution in [2.24, 2.45) is 0 Å². The van der Waals surface area contributed by atoms with E-state index >= 15 is 0 Å². The van der Waals surface area contributed by atoms with Gasteiger partial charge in [0, 0.05) is 24.7 Å². The van der Waals surface area contributed by atoms with Crippen LogP contribution >= 0.6 is 11.6 Å².